The van der Waals surface area contributed by atoms with Crippen LogP contribution in [0.25, 0.3) is 0 Å². The van der Waals surface area contributed by atoms with Crippen LogP contribution >= 0.6 is 11.8 Å². The van der Waals surface area contributed by atoms with Gasteiger partial charge < -0.3 is 19.7 Å². The van der Waals surface area contributed by atoms with Gasteiger partial charge in [0, 0.05) is 17.0 Å². The summed E-state index contributed by atoms with van der Waals surface area (Å²) in [6, 6.07) is 17.0. The molecule has 5 rings (SSSR count). The first-order valence-corrected chi connectivity index (χ1v) is 11.0. The van der Waals surface area contributed by atoms with Gasteiger partial charge in [-0.15, -0.1) is 11.8 Å². The molecule has 2 aliphatic heterocycles. The second-order valence-electron chi connectivity index (χ2n) is 7.45. The van der Waals surface area contributed by atoms with Crippen LogP contribution in [0.1, 0.15) is 21.5 Å². The van der Waals surface area contributed by atoms with E-state index in [2.05, 4.69) is 5.32 Å². The normalized spacial score (nSPS) is 14.3. The van der Waals surface area contributed by atoms with E-state index >= 15 is 0 Å². The van der Waals surface area contributed by atoms with Gasteiger partial charge in [-0.25, -0.2) is 4.39 Å². The highest BCUT2D eigenvalue weighted by molar-refractivity contribution is 8.00. The number of benzene rings is 3. The van der Waals surface area contributed by atoms with Crippen molar-refractivity contribution < 1.29 is 23.5 Å². The Morgan fingerprint density at radius 2 is 1.78 bits per heavy atom. The number of thioether (sulfide) groups is 1. The molecule has 0 fully saturated rings. The maximum atomic E-state index is 13.2. The fourth-order valence-corrected chi connectivity index (χ4v) is 4.54. The van der Waals surface area contributed by atoms with Crippen molar-refractivity contribution in [2.45, 2.75) is 18.0 Å². The van der Waals surface area contributed by atoms with Crippen LogP contribution in [0.5, 0.6) is 11.5 Å². The molecule has 0 atom stereocenters. The van der Waals surface area contributed by atoms with Gasteiger partial charge in [0.15, 0.2) is 11.5 Å². The molecule has 0 saturated heterocycles. The van der Waals surface area contributed by atoms with Crippen molar-refractivity contribution >= 4 is 29.3 Å². The Balaban J connectivity index is 1.33. The lowest BCUT2D eigenvalue weighted by Crippen LogP contribution is -2.35. The van der Waals surface area contributed by atoms with Gasteiger partial charge in [0.05, 0.1) is 18.0 Å². The van der Waals surface area contributed by atoms with Gasteiger partial charge in [-0.2, -0.15) is 0 Å². The van der Waals surface area contributed by atoms with Gasteiger partial charge in [0.25, 0.3) is 5.91 Å². The Kier molecular flexibility index (Phi) is 5.45. The van der Waals surface area contributed by atoms with Crippen molar-refractivity contribution in [3.63, 3.8) is 0 Å². The minimum Gasteiger partial charge on any atom is -0.454 e. The minimum absolute atomic E-state index is 0.0512. The van der Waals surface area contributed by atoms with E-state index in [9.17, 15) is 14.0 Å². The van der Waals surface area contributed by atoms with Crippen LogP contribution < -0.4 is 19.7 Å². The highest BCUT2D eigenvalue weighted by Gasteiger charge is 2.26. The first kappa shape index (κ1) is 20.4. The summed E-state index contributed by atoms with van der Waals surface area (Å²) < 4.78 is 23.9. The lowest BCUT2D eigenvalue weighted by molar-refractivity contribution is -0.116. The number of ether oxygens (including phenoxy) is 2. The third-order valence-corrected chi connectivity index (χ3v) is 6.36. The zero-order chi connectivity index (χ0) is 22.1. The third kappa shape index (κ3) is 4.13. The van der Waals surface area contributed by atoms with Crippen molar-refractivity contribution in [1.29, 1.82) is 0 Å². The molecule has 32 heavy (non-hydrogen) atoms. The van der Waals surface area contributed by atoms with Crippen LogP contribution in [0.4, 0.5) is 10.1 Å². The van der Waals surface area contributed by atoms with Gasteiger partial charge in [0.2, 0.25) is 12.7 Å². The van der Waals surface area contributed by atoms with E-state index in [0.29, 0.717) is 41.6 Å². The Hall–Kier alpha value is -3.52. The van der Waals surface area contributed by atoms with Crippen LogP contribution in [0.3, 0.4) is 0 Å². The maximum Gasteiger partial charge on any atom is 0.251 e. The molecule has 8 heteroatoms. The summed E-state index contributed by atoms with van der Waals surface area (Å²) in [5, 5.41) is 2.91. The van der Waals surface area contributed by atoms with E-state index in [-0.39, 0.29) is 24.4 Å². The van der Waals surface area contributed by atoms with Crippen LogP contribution in [0, 0.1) is 5.82 Å². The molecule has 2 amide bonds. The quantitative estimate of drug-likeness (QED) is 0.633. The molecule has 0 saturated carbocycles. The first-order chi connectivity index (χ1) is 15.6. The second-order valence-corrected chi connectivity index (χ2v) is 8.46. The fraction of sp³-hybridized carbons (Fsp3) is 0.167. The molecule has 0 radical (unpaired) electrons. The van der Waals surface area contributed by atoms with Crippen molar-refractivity contribution in [3.8, 4) is 11.5 Å². The highest BCUT2D eigenvalue weighted by atomic mass is 32.2. The van der Waals surface area contributed by atoms with Crippen molar-refractivity contribution in [2.24, 2.45) is 0 Å². The standard InChI is InChI=1S/C24H19FN2O4S/c25-18-5-1-15(2-6-18)12-27-19-10-17(4-8-22(19)32-13-23(27)28)24(29)26-11-16-3-7-20-21(9-16)31-14-30-20/h1-10H,11-14H2,(H,26,29). The molecular formula is C24H19FN2O4S. The number of carbonyl (C=O) groups is 2. The summed E-state index contributed by atoms with van der Waals surface area (Å²) in [5.41, 5.74) is 2.86. The number of rotatable bonds is 5. The predicted octanol–water partition coefficient (Wildman–Crippen LogP) is 4.12. The summed E-state index contributed by atoms with van der Waals surface area (Å²) >= 11 is 1.45. The highest BCUT2D eigenvalue weighted by Crippen LogP contribution is 2.37. The molecule has 0 spiro atoms. The Morgan fingerprint density at radius 3 is 2.62 bits per heavy atom. The average Bonchev–Trinajstić information content (AvgIpc) is 3.28. The topological polar surface area (TPSA) is 67.9 Å². The molecule has 0 aromatic heterocycles. The molecule has 3 aromatic carbocycles. The second kappa shape index (κ2) is 8.55. The van der Waals surface area contributed by atoms with Gasteiger partial charge in [0.1, 0.15) is 5.82 Å². The van der Waals surface area contributed by atoms with Crippen molar-refractivity contribution in [2.75, 3.05) is 17.4 Å². The Labute approximate surface area is 188 Å². The van der Waals surface area contributed by atoms with Gasteiger partial charge in [-0.3, -0.25) is 9.59 Å². The van der Waals surface area contributed by atoms with E-state index < -0.39 is 0 Å². The summed E-state index contributed by atoms with van der Waals surface area (Å²) in [5.74, 6) is 1.07. The van der Waals surface area contributed by atoms with E-state index in [4.69, 9.17) is 9.47 Å². The van der Waals surface area contributed by atoms with E-state index in [1.165, 1.54) is 23.9 Å². The number of halogens is 1. The number of anilines is 1. The van der Waals surface area contributed by atoms with E-state index in [0.717, 1.165) is 16.0 Å². The SMILES string of the molecule is O=C(NCc1ccc2c(c1)OCO2)c1ccc2c(c1)N(Cc1ccc(F)cc1)C(=O)CS2. The maximum absolute atomic E-state index is 13.2. The van der Waals surface area contributed by atoms with Crippen LogP contribution in [0.15, 0.2) is 65.6 Å². The summed E-state index contributed by atoms with van der Waals surface area (Å²) in [7, 11) is 0. The summed E-state index contributed by atoms with van der Waals surface area (Å²) in [4.78, 5) is 28.0. The Bertz CT molecular complexity index is 1200. The smallest absolute Gasteiger partial charge is 0.251 e. The molecule has 0 unspecified atom stereocenters. The number of hydrogen-bond donors (Lipinski definition) is 1. The number of hydrogen-bond acceptors (Lipinski definition) is 5. The number of nitrogens with one attached hydrogen (secondary N) is 1. The average molecular weight is 450 g/mol. The lowest BCUT2D eigenvalue weighted by Gasteiger charge is -2.29. The van der Waals surface area contributed by atoms with Crippen LogP contribution in [-0.2, 0) is 17.9 Å². The molecule has 0 bridgehead atoms. The zero-order valence-corrected chi connectivity index (χ0v) is 17.8. The number of nitrogens with zero attached hydrogens (tertiary/aromatic N) is 1. The zero-order valence-electron chi connectivity index (χ0n) is 17.0. The molecule has 2 heterocycles. The molecular weight excluding hydrogens is 431 g/mol. The third-order valence-electron chi connectivity index (χ3n) is 5.31. The van der Waals surface area contributed by atoms with Crippen LogP contribution in [-0.4, -0.2) is 24.4 Å². The summed E-state index contributed by atoms with van der Waals surface area (Å²) in [6.45, 7) is 0.847. The lowest BCUT2D eigenvalue weighted by atomic mass is 10.1. The molecule has 2 aliphatic rings. The van der Waals surface area contributed by atoms with Crippen LogP contribution in [0.2, 0.25) is 0 Å². The van der Waals surface area contributed by atoms with Gasteiger partial charge in [-0.1, -0.05) is 18.2 Å². The predicted molar refractivity (Wildman–Crippen MR) is 118 cm³/mol. The van der Waals surface area contributed by atoms with Gasteiger partial charge in [-0.05, 0) is 53.6 Å². The number of fused-ring (bicyclic) bond motifs is 2. The van der Waals surface area contributed by atoms with E-state index in [1.54, 1.807) is 29.2 Å². The first-order valence-electron chi connectivity index (χ1n) is 10.1. The molecule has 0 aliphatic carbocycles. The number of amides is 2. The summed E-state index contributed by atoms with van der Waals surface area (Å²) in [6.07, 6.45) is 0. The number of carbonyl (C=O) groups excluding carboxylic acids is 2. The molecule has 3 aromatic rings. The Morgan fingerprint density at radius 1 is 1.00 bits per heavy atom. The largest absolute Gasteiger partial charge is 0.454 e. The van der Waals surface area contributed by atoms with Crippen molar-refractivity contribution in [1.82, 2.24) is 5.32 Å². The molecule has 1 N–H and O–H groups in total. The van der Waals surface area contributed by atoms with Gasteiger partial charge >= 0.3 is 0 Å². The monoisotopic (exact) mass is 450 g/mol. The molecule has 162 valence electrons. The van der Waals surface area contributed by atoms with E-state index in [1.807, 2.05) is 24.3 Å². The van der Waals surface area contributed by atoms with Crippen molar-refractivity contribution in [3.05, 3.63) is 83.2 Å². The minimum atomic E-state index is -0.323. The fourth-order valence-electron chi connectivity index (χ4n) is 3.62. The molecule has 6 nitrogen and oxygen atoms in total.